The molecule has 2 amide bonds. The number of nitrogens with zero attached hydrogens (tertiary/aromatic N) is 1. The Kier molecular flexibility index (Phi) is 5.32. The van der Waals surface area contributed by atoms with Crippen molar-refractivity contribution in [3.05, 3.63) is 34.3 Å². The number of aliphatic carboxylic acids is 1. The molecule has 0 saturated carbocycles. The van der Waals surface area contributed by atoms with Gasteiger partial charge in [-0.2, -0.15) is 0 Å². The molecule has 1 aromatic rings. The van der Waals surface area contributed by atoms with Crippen molar-refractivity contribution in [2.45, 2.75) is 45.3 Å². The maximum absolute atomic E-state index is 12.2. The summed E-state index contributed by atoms with van der Waals surface area (Å²) in [5.74, 6) is -2.20. The van der Waals surface area contributed by atoms with Gasteiger partial charge in [-0.1, -0.05) is 28.1 Å². The summed E-state index contributed by atoms with van der Waals surface area (Å²) >= 11 is 3.34. The lowest BCUT2D eigenvalue weighted by atomic mass is 9.92. The number of likely N-dealkylation sites (tertiary alicyclic amines) is 1. The second kappa shape index (κ2) is 6.93. The van der Waals surface area contributed by atoms with Crippen LogP contribution in [0.5, 0.6) is 0 Å². The highest BCUT2D eigenvalue weighted by atomic mass is 79.9. The highest BCUT2D eigenvalue weighted by Gasteiger charge is 2.48. The van der Waals surface area contributed by atoms with Crippen LogP contribution in [-0.2, 0) is 20.7 Å². The Morgan fingerprint density at radius 2 is 1.88 bits per heavy atom. The van der Waals surface area contributed by atoms with E-state index in [0.29, 0.717) is 6.42 Å². The van der Waals surface area contributed by atoms with Crippen LogP contribution in [0.1, 0.15) is 32.8 Å². The molecule has 130 valence electrons. The van der Waals surface area contributed by atoms with Crippen molar-refractivity contribution >= 4 is 33.9 Å². The second-order valence-electron chi connectivity index (χ2n) is 6.82. The van der Waals surface area contributed by atoms with Gasteiger partial charge in [-0.25, -0.2) is 14.5 Å². The van der Waals surface area contributed by atoms with E-state index in [2.05, 4.69) is 15.9 Å². The van der Waals surface area contributed by atoms with Crippen molar-refractivity contribution in [1.82, 2.24) is 4.90 Å². The SMILES string of the molecule is CC(C)(C)OC(=O)N1C(=O)CC(Cc2ccc(Br)cc2)C1C(=O)O. The molecule has 7 heteroatoms. The number of benzene rings is 1. The number of halogens is 1. The zero-order chi connectivity index (χ0) is 18.1. The molecule has 2 unspecified atom stereocenters. The molecule has 0 aliphatic carbocycles. The lowest BCUT2D eigenvalue weighted by Crippen LogP contribution is -2.47. The van der Waals surface area contributed by atoms with Crippen LogP contribution in [0.3, 0.4) is 0 Å². The van der Waals surface area contributed by atoms with E-state index in [0.717, 1.165) is 14.9 Å². The molecule has 1 saturated heterocycles. The summed E-state index contributed by atoms with van der Waals surface area (Å²) in [6.45, 7) is 5.00. The highest BCUT2D eigenvalue weighted by molar-refractivity contribution is 9.10. The fourth-order valence-electron chi connectivity index (χ4n) is 2.75. The summed E-state index contributed by atoms with van der Waals surface area (Å²) in [6, 6.07) is 6.23. The van der Waals surface area contributed by atoms with E-state index in [1.165, 1.54) is 0 Å². The first-order valence-corrected chi connectivity index (χ1v) is 8.40. The van der Waals surface area contributed by atoms with Crippen molar-refractivity contribution in [3.63, 3.8) is 0 Å². The Hall–Kier alpha value is -1.89. The van der Waals surface area contributed by atoms with Crippen LogP contribution in [-0.4, -0.2) is 39.6 Å². The normalized spacial score (nSPS) is 21.0. The van der Waals surface area contributed by atoms with Crippen LogP contribution in [0.25, 0.3) is 0 Å². The third-order valence-corrected chi connectivity index (χ3v) is 4.21. The van der Waals surface area contributed by atoms with E-state index in [1.54, 1.807) is 20.8 Å². The van der Waals surface area contributed by atoms with Gasteiger partial charge in [0.2, 0.25) is 5.91 Å². The van der Waals surface area contributed by atoms with Crippen molar-refractivity contribution in [3.8, 4) is 0 Å². The number of ether oxygens (including phenoxy) is 1. The first-order chi connectivity index (χ1) is 11.1. The first kappa shape index (κ1) is 18.4. The molecule has 1 aliphatic heterocycles. The van der Waals surface area contributed by atoms with E-state index in [4.69, 9.17) is 4.74 Å². The molecular formula is C17H20BrNO5. The fraction of sp³-hybridized carbons (Fsp3) is 0.471. The Morgan fingerprint density at radius 1 is 1.29 bits per heavy atom. The highest BCUT2D eigenvalue weighted by Crippen LogP contribution is 2.31. The molecule has 0 aromatic heterocycles. The van der Waals surface area contributed by atoms with Gasteiger partial charge in [0.1, 0.15) is 11.6 Å². The number of rotatable bonds is 3. The fourth-order valence-corrected chi connectivity index (χ4v) is 3.01. The van der Waals surface area contributed by atoms with Gasteiger partial charge >= 0.3 is 12.1 Å². The standard InChI is InChI=1S/C17H20BrNO5/c1-17(2,3)24-16(23)19-13(20)9-11(14(19)15(21)22)8-10-4-6-12(18)7-5-10/h4-7,11,14H,8-9H2,1-3H3,(H,21,22). The number of carbonyl (C=O) groups excluding carboxylic acids is 2. The molecule has 0 radical (unpaired) electrons. The number of carboxylic acid groups (broad SMARTS) is 1. The summed E-state index contributed by atoms with van der Waals surface area (Å²) < 4.78 is 6.10. The van der Waals surface area contributed by atoms with Gasteiger partial charge in [0.05, 0.1) is 0 Å². The number of imide groups is 1. The molecular weight excluding hydrogens is 378 g/mol. The summed E-state index contributed by atoms with van der Waals surface area (Å²) in [4.78, 5) is 36.9. The van der Waals surface area contributed by atoms with Crippen LogP contribution in [0.4, 0.5) is 4.79 Å². The van der Waals surface area contributed by atoms with Crippen molar-refractivity contribution in [1.29, 1.82) is 0 Å². The summed E-state index contributed by atoms with van der Waals surface area (Å²) in [5.41, 5.74) is 0.109. The van der Waals surface area contributed by atoms with Crippen molar-refractivity contribution in [2.75, 3.05) is 0 Å². The minimum atomic E-state index is -1.21. The third-order valence-electron chi connectivity index (χ3n) is 3.68. The minimum Gasteiger partial charge on any atom is -0.480 e. The van der Waals surface area contributed by atoms with Gasteiger partial charge in [-0.3, -0.25) is 4.79 Å². The molecule has 1 fully saturated rings. The Morgan fingerprint density at radius 3 is 2.38 bits per heavy atom. The summed E-state index contributed by atoms with van der Waals surface area (Å²) in [6.07, 6.45) is -0.500. The predicted octanol–water partition coefficient (Wildman–Crippen LogP) is 3.23. The molecule has 0 spiro atoms. The smallest absolute Gasteiger partial charge is 0.417 e. The number of carbonyl (C=O) groups is 3. The second-order valence-corrected chi connectivity index (χ2v) is 7.74. The Balaban J connectivity index is 2.21. The number of carboxylic acids is 1. The van der Waals surface area contributed by atoms with Crippen molar-refractivity contribution < 1.29 is 24.2 Å². The van der Waals surface area contributed by atoms with Crippen LogP contribution < -0.4 is 0 Å². The van der Waals surface area contributed by atoms with Gasteiger partial charge in [0.25, 0.3) is 0 Å². The average molecular weight is 398 g/mol. The maximum atomic E-state index is 12.2. The Labute approximate surface area is 148 Å². The molecule has 24 heavy (non-hydrogen) atoms. The van der Waals surface area contributed by atoms with Crippen LogP contribution in [0, 0.1) is 5.92 Å². The average Bonchev–Trinajstić information content (AvgIpc) is 2.76. The molecule has 6 nitrogen and oxygen atoms in total. The molecule has 2 atom stereocenters. The van der Waals surface area contributed by atoms with Crippen LogP contribution in [0.2, 0.25) is 0 Å². The predicted molar refractivity (Wildman–Crippen MR) is 90.5 cm³/mol. The third kappa shape index (κ3) is 4.35. The first-order valence-electron chi connectivity index (χ1n) is 7.61. The lowest BCUT2D eigenvalue weighted by molar-refractivity contribution is -0.146. The van der Waals surface area contributed by atoms with Gasteiger partial charge in [-0.05, 0) is 44.9 Å². The maximum Gasteiger partial charge on any atom is 0.417 e. The topological polar surface area (TPSA) is 83.9 Å². The molecule has 1 N–H and O–H groups in total. The van der Waals surface area contributed by atoms with Gasteiger partial charge in [0, 0.05) is 16.8 Å². The van der Waals surface area contributed by atoms with Gasteiger partial charge < -0.3 is 9.84 Å². The summed E-state index contributed by atoms with van der Waals surface area (Å²) in [5, 5.41) is 9.53. The molecule has 2 rings (SSSR count). The Bertz CT molecular complexity index is 650. The van der Waals surface area contributed by atoms with E-state index in [-0.39, 0.29) is 6.42 Å². The quantitative estimate of drug-likeness (QED) is 0.845. The van der Waals surface area contributed by atoms with Crippen molar-refractivity contribution in [2.24, 2.45) is 5.92 Å². The van der Waals surface area contributed by atoms with E-state index < -0.39 is 35.5 Å². The van der Waals surface area contributed by atoms with E-state index >= 15 is 0 Å². The lowest BCUT2D eigenvalue weighted by Gasteiger charge is -2.27. The van der Waals surface area contributed by atoms with Gasteiger partial charge in [0.15, 0.2) is 0 Å². The van der Waals surface area contributed by atoms with Gasteiger partial charge in [-0.15, -0.1) is 0 Å². The summed E-state index contributed by atoms with van der Waals surface area (Å²) in [7, 11) is 0. The van der Waals surface area contributed by atoms with E-state index in [9.17, 15) is 19.5 Å². The molecule has 0 bridgehead atoms. The molecule has 1 aromatic carbocycles. The van der Waals surface area contributed by atoms with Crippen LogP contribution in [0.15, 0.2) is 28.7 Å². The molecule has 1 heterocycles. The zero-order valence-corrected chi connectivity index (χ0v) is 15.4. The monoisotopic (exact) mass is 397 g/mol. The van der Waals surface area contributed by atoms with Crippen LogP contribution >= 0.6 is 15.9 Å². The largest absolute Gasteiger partial charge is 0.480 e. The number of hydrogen-bond acceptors (Lipinski definition) is 4. The molecule has 1 aliphatic rings. The van der Waals surface area contributed by atoms with E-state index in [1.807, 2.05) is 24.3 Å². The number of amides is 2. The minimum absolute atomic E-state index is 0.00622. The number of hydrogen-bond donors (Lipinski definition) is 1. The zero-order valence-electron chi connectivity index (χ0n) is 13.8.